The van der Waals surface area contributed by atoms with E-state index in [9.17, 15) is 14.4 Å². The topological polar surface area (TPSA) is 98.5 Å². The van der Waals surface area contributed by atoms with Gasteiger partial charge >= 0.3 is 6.09 Å². The number of carbonyl (C=O) groups excluding carboxylic acids is 3. The number of amides is 2. The van der Waals surface area contributed by atoms with Crippen LogP contribution in [0.3, 0.4) is 0 Å². The van der Waals surface area contributed by atoms with Crippen molar-refractivity contribution in [3.05, 3.63) is 0 Å². The molecule has 0 saturated heterocycles. The molecular weight excluding hydrogens is 224 g/mol. The molecule has 6 heteroatoms. The summed E-state index contributed by atoms with van der Waals surface area (Å²) >= 11 is 0. The van der Waals surface area contributed by atoms with E-state index in [1.165, 1.54) is 7.11 Å². The number of hydrogen-bond acceptors (Lipinski definition) is 4. The highest BCUT2D eigenvalue weighted by Crippen LogP contribution is 2.11. The van der Waals surface area contributed by atoms with Gasteiger partial charge in [-0.05, 0) is 6.42 Å². The number of Topliss-reactive ketones (excluding diaryl/α,β-unsaturated/α-hetero) is 1. The number of hydrogen-bond donors (Lipinski definition) is 2. The van der Waals surface area contributed by atoms with Crippen molar-refractivity contribution < 1.29 is 19.1 Å². The molecule has 0 bridgehead atoms. The summed E-state index contributed by atoms with van der Waals surface area (Å²) < 4.78 is 4.40. The SMILES string of the molecule is CCCC(C)C(=O)[C@H](CC(N)=O)NC(=O)OC. The molecule has 0 fully saturated rings. The number of nitrogens with two attached hydrogens (primary N) is 1. The number of methoxy groups -OCH3 is 1. The van der Waals surface area contributed by atoms with E-state index in [1.807, 2.05) is 6.92 Å². The lowest BCUT2D eigenvalue weighted by Gasteiger charge is -2.19. The molecule has 0 radical (unpaired) electrons. The first-order chi connectivity index (χ1) is 7.92. The first-order valence-corrected chi connectivity index (χ1v) is 5.58. The van der Waals surface area contributed by atoms with Crippen molar-refractivity contribution in [2.75, 3.05) is 7.11 Å². The second kappa shape index (κ2) is 7.65. The van der Waals surface area contributed by atoms with Crippen molar-refractivity contribution in [1.82, 2.24) is 5.32 Å². The molecule has 0 aliphatic carbocycles. The summed E-state index contributed by atoms with van der Waals surface area (Å²) in [5.74, 6) is -1.05. The average molecular weight is 244 g/mol. The molecule has 2 amide bonds. The van der Waals surface area contributed by atoms with Crippen LogP contribution in [0.5, 0.6) is 0 Å². The number of alkyl carbamates (subject to hydrolysis) is 1. The van der Waals surface area contributed by atoms with Crippen LogP contribution in [0.4, 0.5) is 4.79 Å². The van der Waals surface area contributed by atoms with Gasteiger partial charge in [-0.1, -0.05) is 20.3 Å². The zero-order chi connectivity index (χ0) is 13.4. The molecule has 17 heavy (non-hydrogen) atoms. The van der Waals surface area contributed by atoms with Gasteiger partial charge in [0.2, 0.25) is 5.91 Å². The Balaban J connectivity index is 4.60. The summed E-state index contributed by atoms with van der Waals surface area (Å²) in [5, 5.41) is 2.33. The fourth-order valence-electron chi connectivity index (χ4n) is 1.54. The summed E-state index contributed by atoms with van der Waals surface area (Å²) in [6, 6.07) is -0.901. The highest BCUT2D eigenvalue weighted by atomic mass is 16.5. The number of ketones is 1. The van der Waals surface area contributed by atoms with Crippen LogP contribution in [0.2, 0.25) is 0 Å². The minimum absolute atomic E-state index is 0.198. The molecule has 3 N–H and O–H groups in total. The molecule has 0 spiro atoms. The molecule has 1 unspecified atom stereocenters. The predicted octanol–water partition coefficient (Wildman–Crippen LogP) is 0.592. The molecule has 6 nitrogen and oxygen atoms in total. The number of nitrogens with one attached hydrogen (secondary N) is 1. The lowest BCUT2D eigenvalue weighted by atomic mass is 9.94. The Kier molecular flexibility index (Phi) is 6.93. The second-order valence-electron chi connectivity index (χ2n) is 3.95. The summed E-state index contributed by atoms with van der Waals surface area (Å²) in [7, 11) is 1.19. The molecule has 2 atom stereocenters. The van der Waals surface area contributed by atoms with Crippen LogP contribution in [0.25, 0.3) is 0 Å². The van der Waals surface area contributed by atoms with Gasteiger partial charge in [0.15, 0.2) is 5.78 Å². The van der Waals surface area contributed by atoms with E-state index in [0.717, 1.165) is 6.42 Å². The van der Waals surface area contributed by atoms with Gasteiger partial charge in [-0.2, -0.15) is 0 Å². The second-order valence-corrected chi connectivity index (χ2v) is 3.95. The van der Waals surface area contributed by atoms with Crippen LogP contribution in [0.1, 0.15) is 33.1 Å². The molecule has 0 aromatic heterocycles. The van der Waals surface area contributed by atoms with Gasteiger partial charge in [0, 0.05) is 5.92 Å². The lowest BCUT2D eigenvalue weighted by Crippen LogP contribution is -2.45. The molecule has 0 aliphatic rings. The molecule has 0 rings (SSSR count). The quantitative estimate of drug-likeness (QED) is 0.684. The molecule has 0 aromatic carbocycles. The van der Waals surface area contributed by atoms with Gasteiger partial charge in [0.25, 0.3) is 0 Å². The summed E-state index contributed by atoms with van der Waals surface area (Å²) in [4.78, 5) is 33.8. The fraction of sp³-hybridized carbons (Fsp3) is 0.727. The number of primary amides is 1. The van der Waals surface area contributed by atoms with Crippen LogP contribution >= 0.6 is 0 Å². The van der Waals surface area contributed by atoms with E-state index >= 15 is 0 Å². The maximum absolute atomic E-state index is 11.9. The highest BCUT2D eigenvalue weighted by molar-refractivity contribution is 5.92. The molecule has 0 aliphatic heterocycles. The van der Waals surface area contributed by atoms with Crippen LogP contribution < -0.4 is 11.1 Å². The minimum atomic E-state index is -0.901. The van der Waals surface area contributed by atoms with E-state index in [1.54, 1.807) is 6.92 Å². The van der Waals surface area contributed by atoms with Crippen molar-refractivity contribution in [2.45, 2.75) is 39.2 Å². The molecule has 0 saturated carbocycles. The molecular formula is C11H20N2O4. The Bertz CT molecular complexity index is 291. The Morgan fingerprint density at radius 3 is 2.35 bits per heavy atom. The Hall–Kier alpha value is -1.59. The van der Waals surface area contributed by atoms with Crippen molar-refractivity contribution in [3.8, 4) is 0 Å². The summed E-state index contributed by atoms with van der Waals surface area (Å²) in [5.41, 5.74) is 5.04. The molecule has 0 aromatic rings. The third-order valence-corrected chi connectivity index (χ3v) is 2.43. The maximum atomic E-state index is 11.9. The van der Waals surface area contributed by atoms with Crippen molar-refractivity contribution in [3.63, 3.8) is 0 Å². The third kappa shape index (κ3) is 5.89. The monoisotopic (exact) mass is 244 g/mol. The Labute approximate surface area is 101 Å². The van der Waals surface area contributed by atoms with Gasteiger partial charge in [-0.15, -0.1) is 0 Å². The van der Waals surface area contributed by atoms with Gasteiger partial charge in [-0.3, -0.25) is 9.59 Å². The van der Waals surface area contributed by atoms with E-state index in [2.05, 4.69) is 10.1 Å². The van der Waals surface area contributed by atoms with Crippen molar-refractivity contribution in [1.29, 1.82) is 0 Å². The Morgan fingerprint density at radius 1 is 1.35 bits per heavy atom. The lowest BCUT2D eigenvalue weighted by molar-refractivity contribution is -0.128. The maximum Gasteiger partial charge on any atom is 0.407 e. The van der Waals surface area contributed by atoms with Gasteiger partial charge in [-0.25, -0.2) is 4.79 Å². The van der Waals surface area contributed by atoms with Crippen LogP contribution in [0.15, 0.2) is 0 Å². The third-order valence-electron chi connectivity index (χ3n) is 2.43. The zero-order valence-electron chi connectivity index (χ0n) is 10.5. The smallest absolute Gasteiger partial charge is 0.407 e. The van der Waals surface area contributed by atoms with Crippen LogP contribution in [-0.2, 0) is 14.3 Å². The largest absolute Gasteiger partial charge is 0.453 e. The Morgan fingerprint density at radius 2 is 1.94 bits per heavy atom. The van der Waals surface area contributed by atoms with E-state index < -0.39 is 18.0 Å². The normalized spacial score (nSPS) is 13.6. The number of rotatable bonds is 7. The molecule has 98 valence electrons. The highest BCUT2D eigenvalue weighted by Gasteiger charge is 2.26. The van der Waals surface area contributed by atoms with Crippen LogP contribution in [0, 0.1) is 5.92 Å². The minimum Gasteiger partial charge on any atom is -0.453 e. The average Bonchev–Trinajstić information content (AvgIpc) is 2.26. The van der Waals surface area contributed by atoms with Gasteiger partial charge < -0.3 is 15.8 Å². The van der Waals surface area contributed by atoms with Gasteiger partial charge in [0.1, 0.15) is 0 Å². The fourth-order valence-corrected chi connectivity index (χ4v) is 1.54. The first kappa shape index (κ1) is 15.4. The number of ether oxygens (including phenoxy) is 1. The standard InChI is InChI=1S/C11H20N2O4/c1-4-5-7(2)10(15)8(6-9(12)14)13-11(16)17-3/h7-8H,4-6H2,1-3H3,(H2,12,14)(H,13,16)/t7?,8-/m0/s1. The number of carbonyl (C=O) groups is 3. The van der Waals surface area contributed by atoms with Gasteiger partial charge in [0.05, 0.1) is 19.6 Å². The predicted molar refractivity (Wildman–Crippen MR) is 62.2 cm³/mol. The van der Waals surface area contributed by atoms with Crippen molar-refractivity contribution >= 4 is 17.8 Å². The van der Waals surface area contributed by atoms with E-state index in [4.69, 9.17) is 5.73 Å². The zero-order valence-corrected chi connectivity index (χ0v) is 10.5. The van der Waals surface area contributed by atoms with E-state index in [-0.39, 0.29) is 18.1 Å². The van der Waals surface area contributed by atoms with Crippen LogP contribution in [-0.4, -0.2) is 30.9 Å². The first-order valence-electron chi connectivity index (χ1n) is 5.58. The summed E-state index contributed by atoms with van der Waals surface area (Å²) in [6.07, 6.45) is 0.612. The molecule has 0 heterocycles. The van der Waals surface area contributed by atoms with Crippen molar-refractivity contribution in [2.24, 2.45) is 11.7 Å². The van der Waals surface area contributed by atoms with E-state index in [0.29, 0.717) is 6.42 Å². The summed E-state index contributed by atoms with van der Waals surface area (Å²) in [6.45, 7) is 3.72.